The van der Waals surface area contributed by atoms with E-state index in [1.165, 1.54) is 0 Å². The van der Waals surface area contributed by atoms with E-state index in [4.69, 9.17) is 4.74 Å². The fourth-order valence-electron chi connectivity index (χ4n) is 2.92. The van der Waals surface area contributed by atoms with Gasteiger partial charge in [0.05, 0.1) is 12.5 Å². The number of nitrogens with zero attached hydrogens (tertiary/aromatic N) is 1. The summed E-state index contributed by atoms with van der Waals surface area (Å²) in [6.07, 6.45) is 0. The van der Waals surface area contributed by atoms with Crippen molar-refractivity contribution < 1.29 is 14.3 Å². The maximum absolute atomic E-state index is 12.9. The highest BCUT2D eigenvalue weighted by molar-refractivity contribution is 6.48. The van der Waals surface area contributed by atoms with Crippen LogP contribution in [-0.2, 0) is 9.53 Å². The van der Waals surface area contributed by atoms with Crippen molar-refractivity contribution in [1.29, 1.82) is 0 Å². The number of Topliss-reactive ketones (excluding diaryl/α,β-unsaturated/α-hetero) is 1. The molecule has 128 valence electrons. The Labute approximate surface area is 146 Å². The number of ether oxygens (including phenoxy) is 1. The highest BCUT2D eigenvalue weighted by atomic mass is 16.5. The molecule has 0 bridgehead atoms. The smallest absolute Gasteiger partial charge is 0.331 e. The van der Waals surface area contributed by atoms with Crippen molar-refractivity contribution in [3.63, 3.8) is 0 Å². The van der Waals surface area contributed by atoms with Crippen molar-refractivity contribution in [2.24, 2.45) is 5.10 Å². The van der Waals surface area contributed by atoms with E-state index in [9.17, 15) is 9.59 Å². The molecular formula is C20H20N2O3. The molecule has 2 aromatic rings. The lowest BCUT2D eigenvalue weighted by Crippen LogP contribution is -2.38. The highest BCUT2D eigenvalue weighted by Crippen LogP contribution is 2.29. The SMILES string of the molecule is CCOC(=O)[C@H]1NN=C(C(=O)c2ccccc2)[C@H]1c1ccc(C)cc1. The second-order valence-electron chi connectivity index (χ2n) is 5.94. The predicted octanol–water partition coefficient (Wildman–Crippen LogP) is 2.85. The number of nitrogens with one attached hydrogen (secondary N) is 1. The molecule has 0 saturated carbocycles. The molecular weight excluding hydrogens is 316 g/mol. The van der Waals surface area contributed by atoms with Crippen LogP contribution in [0.1, 0.15) is 34.3 Å². The molecule has 25 heavy (non-hydrogen) atoms. The Morgan fingerprint density at radius 3 is 2.40 bits per heavy atom. The first kappa shape index (κ1) is 16.9. The first-order chi connectivity index (χ1) is 12.1. The van der Waals surface area contributed by atoms with E-state index in [0.717, 1.165) is 11.1 Å². The van der Waals surface area contributed by atoms with E-state index in [1.807, 2.05) is 37.3 Å². The summed E-state index contributed by atoms with van der Waals surface area (Å²) in [4.78, 5) is 25.2. The van der Waals surface area contributed by atoms with Gasteiger partial charge in [-0.2, -0.15) is 5.10 Å². The van der Waals surface area contributed by atoms with Crippen molar-refractivity contribution in [3.8, 4) is 0 Å². The Kier molecular flexibility index (Phi) is 4.93. The van der Waals surface area contributed by atoms with Gasteiger partial charge in [0.25, 0.3) is 0 Å². The average Bonchev–Trinajstić information content (AvgIpc) is 3.08. The van der Waals surface area contributed by atoms with Crippen LogP contribution in [0.3, 0.4) is 0 Å². The second kappa shape index (κ2) is 7.30. The quantitative estimate of drug-likeness (QED) is 0.673. The summed E-state index contributed by atoms with van der Waals surface area (Å²) < 4.78 is 5.15. The Morgan fingerprint density at radius 1 is 1.08 bits per heavy atom. The number of ketones is 1. The molecule has 1 N–H and O–H groups in total. The Morgan fingerprint density at radius 2 is 1.76 bits per heavy atom. The fraction of sp³-hybridized carbons (Fsp3) is 0.250. The zero-order valence-electron chi connectivity index (χ0n) is 14.2. The van der Waals surface area contributed by atoms with Gasteiger partial charge in [0, 0.05) is 5.56 Å². The number of hydrogen-bond acceptors (Lipinski definition) is 5. The van der Waals surface area contributed by atoms with Gasteiger partial charge in [-0.25, -0.2) is 4.79 Å². The zero-order chi connectivity index (χ0) is 17.8. The number of aryl methyl sites for hydroxylation is 1. The summed E-state index contributed by atoms with van der Waals surface area (Å²) in [5, 5.41) is 4.19. The first-order valence-corrected chi connectivity index (χ1v) is 8.28. The molecule has 1 aliphatic heterocycles. The van der Waals surface area contributed by atoms with Crippen molar-refractivity contribution in [2.75, 3.05) is 6.61 Å². The molecule has 3 rings (SSSR count). The van der Waals surface area contributed by atoms with Crippen molar-refractivity contribution in [1.82, 2.24) is 5.43 Å². The van der Waals surface area contributed by atoms with Crippen LogP contribution in [0.25, 0.3) is 0 Å². The highest BCUT2D eigenvalue weighted by Gasteiger charge is 2.41. The third kappa shape index (κ3) is 3.45. The van der Waals surface area contributed by atoms with Gasteiger partial charge in [0.2, 0.25) is 5.78 Å². The van der Waals surface area contributed by atoms with E-state index >= 15 is 0 Å². The molecule has 2 aromatic carbocycles. The minimum atomic E-state index is -0.703. The molecule has 5 heteroatoms. The summed E-state index contributed by atoms with van der Waals surface area (Å²) in [6.45, 7) is 4.02. The van der Waals surface area contributed by atoms with Gasteiger partial charge in [-0.3, -0.25) is 10.2 Å². The maximum Gasteiger partial charge on any atom is 0.331 e. The summed E-state index contributed by atoms with van der Waals surface area (Å²) in [7, 11) is 0. The summed E-state index contributed by atoms with van der Waals surface area (Å²) in [5.41, 5.74) is 5.64. The lowest BCUT2D eigenvalue weighted by molar-refractivity contribution is -0.145. The van der Waals surface area contributed by atoms with Gasteiger partial charge in [-0.1, -0.05) is 60.2 Å². The molecule has 0 spiro atoms. The number of carbonyl (C=O) groups excluding carboxylic acids is 2. The molecule has 5 nitrogen and oxygen atoms in total. The van der Waals surface area contributed by atoms with E-state index in [2.05, 4.69) is 10.5 Å². The van der Waals surface area contributed by atoms with E-state index in [-0.39, 0.29) is 12.4 Å². The molecule has 0 unspecified atom stereocenters. The largest absolute Gasteiger partial charge is 0.464 e. The van der Waals surface area contributed by atoms with Gasteiger partial charge in [-0.05, 0) is 19.4 Å². The third-order valence-electron chi connectivity index (χ3n) is 4.20. The van der Waals surface area contributed by atoms with Crippen molar-refractivity contribution in [3.05, 3.63) is 71.3 Å². The van der Waals surface area contributed by atoms with Gasteiger partial charge < -0.3 is 4.74 Å². The van der Waals surface area contributed by atoms with Crippen LogP contribution in [0.5, 0.6) is 0 Å². The molecule has 0 saturated heterocycles. The molecule has 0 aliphatic carbocycles. The van der Waals surface area contributed by atoms with Gasteiger partial charge in [-0.15, -0.1) is 0 Å². The molecule has 2 atom stereocenters. The maximum atomic E-state index is 12.9. The predicted molar refractivity (Wildman–Crippen MR) is 95.7 cm³/mol. The summed E-state index contributed by atoms with van der Waals surface area (Å²) >= 11 is 0. The number of benzene rings is 2. The number of esters is 1. The van der Waals surface area contributed by atoms with Crippen LogP contribution >= 0.6 is 0 Å². The van der Waals surface area contributed by atoms with E-state index in [0.29, 0.717) is 11.3 Å². The number of carbonyl (C=O) groups is 2. The monoisotopic (exact) mass is 336 g/mol. The fourth-order valence-corrected chi connectivity index (χ4v) is 2.92. The second-order valence-corrected chi connectivity index (χ2v) is 5.94. The van der Waals surface area contributed by atoms with Crippen LogP contribution in [0, 0.1) is 6.92 Å². The van der Waals surface area contributed by atoms with Crippen LogP contribution < -0.4 is 5.43 Å². The molecule has 1 aliphatic rings. The minimum absolute atomic E-state index is 0.189. The Balaban J connectivity index is 1.97. The first-order valence-electron chi connectivity index (χ1n) is 8.28. The normalized spacial score (nSPS) is 19.0. The van der Waals surface area contributed by atoms with Crippen LogP contribution in [0.15, 0.2) is 59.7 Å². The summed E-state index contributed by atoms with van der Waals surface area (Å²) in [6, 6.07) is 16.0. The van der Waals surface area contributed by atoms with Crippen LogP contribution in [0.4, 0.5) is 0 Å². The third-order valence-corrected chi connectivity index (χ3v) is 4.20. The van der Waals surface area contributed by atoms with Gasteiger partial charge in [0.15, 0.2) is 6.04 Å². The number of rotatable bonds is 5. The Bertz CT molecular complexity index is 797. The average molecular weight is 336 g/mol. The molecule has 0 aromatic heterocycles. The van der Waals surface area contributed by atoms with E-state index in [1.54, 1.807) is 31.2 Å². The van der Waals surface area contributed by atoms with Gasteiger partial charge in [0.1, 0.15) is 5.71 Å². The molecule has 0 amide bonds. The lowest BCUT2D eigenvalue weighted by Gasteiger charge is -2.19. The Hall–Kier alpha value is -2.95. The van der Waals surface area contributed by atoms with E-state index < -0.39 is 17.9 Å². The molecule has 1 heterocycles. The molecule has 0 fully saturated rings. The number of hydrazone groups is 1. The lowest BCUT2D eigenvalue weighted by atomic mass is 9.85. The number of hydrogen-bond donors (Lipinski definition) is 1. The summed E-state index contributed by atoms with van der Waals surface area (Å²) in [5.74, 6) is -1.08. The van der Waals surface area contributed by atoms with Crippen LogP contribution in [0.2, 0.25) is 0 Å². The molecule has 0 radical (unpaired) electrons. The topological polar surface area (TPSA) is 67.8 Å². The standard InChI is InChI=1S/C20H20N2O3/c1-3-25-20(24)18-16(14-11-9-13(2)10-12-14)17(21-22-18)19(23)15-7-5-4-6-8-15/h4-12,16,18,22H,3H2,1-2H3/t16-,18+/m1/s1. The van der Waals surface area contributed by atoms with Gasteiger partial charge >= 0.3 is 5.97 Å². The van der Waals surface area contributed by atoms with Crippen molar-refractivity contribution in [2.45, 2.75) is 25.8 Å². The zero-order valence-corrected chi connectivity index (χ0v) is 14.2. The van der Waals surface area contributed by atoms with Crippen LogP contribution in [-0.4, -0.2) is 30.1 Å². The van der Waals surface area contributed by atoms with Crippen molar-refractivity contribution >= 4 is 17.5 Å². The minimum Gasteiger partial charge on any atom is -0.464 e.